The van der Waals surface area contributed by atoms with Crippen molar-refractivity contribution in [2.45, 2.75) is 0 Å². The zero-order valence-electron chi connectivity index (χ0n) is 7.58. The minimum Gasteiger partial charge on any atom is -0.438 e. The number of aromatic nitrogens is 1. The first-order valence-electron chi connectivity index (χ1n) is 4.22. The van der Waals surface area contributed by atoms with Crippen LogP contribution in [0.4, 0.5) is 0 Å². The molecule has 0 aliphatic carbocycles. The lowest BCUT2D eigenvalue weighted by Crippen LogP contribution is -1.87. The largest absolute Gasteiger partial charge is 0.438 e. The molecule has 0 atom stereocenters. The third-order valence-electron chi connectivity index (χ3n) is 1.66. The van der Waals surface area contributed by atoms with Crippen LogP contribution in [0.2, 0.25) is 5.15 Å². The predicted molar refractivity (Wildman–Crippen MR) is 62.3 cm³/mol. The van der Waals surface area contributed by atoms with Crippen LogP contribution in [0.15, 0.2) is 40.9 Å². The van der Waals surface area contributed by atoms with Crippen LogP contribution in [0.5, 0.6) is 11.6 Å². The van der Waals surface area contributed by atoms with E-state index in [1.807, 2.05) is 24.3 Å². The maximum Gasteiger partial charge on any atom is 0.228 e. The van der Waals surface area contributed by atoms with Crippen LogP contribution >= 0.6 is 27.5 Å². The molecule has 1 aromatic heterocycles. The smallest absolute Gasteiger partial charge is 0.228 e. The SMILES string of the molecule is Clc1cc[c]c(Oc2ccc(Br)cc2)n1. The van der Waals surface area contributed by atoms with Crippen LogP contribution in [-0.4, -0.2) is 4.98 Å². The third kappa shape index (κ3) is 2.94. The summed E-state index contributed by atoms with van der Waals surface area (Å²) in [5.74, 6) is 1.06. The molecule has 1 heterocycles. The molecular formula is C11H6BrClNO. The van der Waals surface area contributed by atoms with Crippen LogP contribution in [-0.2, 0) is 0 Å². The highest BCUT2D eigenvalue weighted by molar-refractivity contribution is 9.10. The van der Waals surface area contributed by atoms with Crippen molar-refractivity contribution in [2.24, 2.45) is 0 Å². The minimum atomic E-state index is 0.366. The van der Waals surface area contributed by atoms with Crippen LogP contribution in [0, 0.1) is 6.07 Å². The summed E-state index contributed by atoms with van der Waals surface area (Å²) in [4.78, 5) is 3.97. The van der Waals surface area contributed by atoms with Crippen LogP contribution in [0.25, 0.3) is 0 Å². The molecule has 75 valence electrons. The number of pyridine rings is 1. The van der Waals surface area contributed by atoms with Crippen molar-refractivity contribution >= 4 is 27.5 Å². The molecule has 4 heteroatoms. The maximum atomic E-state index is 5.72. The van der Waals surface area contributed by atoms with Gasteiger partial charge in [0.1, 0.15) is 10.9 Å². The average molecular weight is 284 g/mol. The Morgan fingerprint density at radius 2 is 1.93 bits per heavy atom. The van der Waals surface area contributed by atoms with E-state index in [-0.39, 0.29) is 0 Å². The molecule has 0 spiro atoms. The lowest BCUT2D eigenvalue weighted by atomic mass is 10.3. The molecule has 0 amide bonds. The van der Waals surface area contributed by atoms with E-state index >= 15 is 0 Å². The number of halogens is 2. The summed E-state index contributed by atoms with van der Waals surface area (Å²) >= 11 is 9.06. The Labute approximate surface area is 101 Å². The fraction of sp³-hybridized carbons (Fsp3) is 0. The fourth-order valence-electron chi connectivity index (χ4n) is 1.01. The molecule has 0 bridgehead atoms. The minimum absolute atomic E-state index is 0.366. The van der Waals surface area contributed by atoms with Gasteiger partial charge in [-0.3, -0.25) is 0 Å². The molecule has 0 fully saturated rings. The summed E-state index contributed by atoms with van der Waals surface area (Å²) in [5, 5.41) is 0.390. The zero-order valence-corrected chi connectivity index (χ0v) is 9.92. The molecular weight excluding hydrogens is 277 g/mol. The van der Waals surface area contributed by atoms with E-state index in [4.69, 9.17) is 16.3 Å². The summed E-state index contributed by atoms with van der Waals surface area (Å²) < 4.78 is 6.44. The monoisotopic (exact) mass is 282 g/mol. The highest BCUT2D eigenvalue weighted by Crippen LogP contribution is 2.22. The van der Waals surface area contributed by atoms with Crippen molar-refractivity contribution in [3.05, 3.63) is 52.1 Å². The Bertz CT molecular complexity index is 458. The summed E-state index contributed by atoms with van der Waals surface area (Å²) in [6, 6.07) is 13.6. The Kier molecular flexibility index (Phi) is 3.23. The highest BCUT2D eigenvalue weighted by Gasteiger charge is 1.99. The quantitative estimate of drug-likeness (QED) is 0.775. The van der Waals surface area contributed by atoms with Gasteiger partial charge in [-0.05, 0) is 36.4 Å². The first-order valence-corrected chi connectivity index (χ1v) is 5.39. The average Bonchev–Trinajstić information content (AvgIpc) is 2.22. The number of rotatable bonds is 2. The lowest BCUT2D eigenvalue weighted by Gasteiger charge is -2.03. The van der Waals surface area contributed by atoms with E-state index < -0.39 is 0 Å². The Balaban J connectivity index is 2.18. The molecule has 0 saturated heterocycles. The Hall–Kier alpha value is -1.06. The zero-order chi connectivity index (χ0) is 10.7. The first-order chi connectivity index (χ1) is 7.24. The van der Waals surface area contributed by atoms with Crippen LogP contribution in [0.1, 0.15) is 0 Å². The molecule has 0 saturated carbocycles. The number of hydrogen-bond donors (Lipinski definition) is 0. The summed E-state index contributed by atoms with van der Waals surface area (Å²) in [5.41, 5.74) is 0. The molecule has 0 unspecified atom stereocenters. The van der Waals surface area contributed by atoms with E-state index in [9.17, 15) is 0 Å². The molecule has 1 aromatic carbocycles. The molecule has 0 aliphatic heterocycles. The van der Waals surface area contributed by atoms with Gasteiger partial charge in [0.15, 0.2) is 0 Å². The van der Waals surface area contributed by atoms with Gasteiger partial charge < -0.3 is 4.74 Å². The van der Waals surface area contributed by atoms with E-state index in [0.29, 0.717) is 16.8 Å². The number of hydrogen-bond acceptors (Lipinski definition) is 2. The van der Waals surface area contributed by atoms with Gasteiger partial charge in [-0.25, -0.2) is 4.98 Å². The van der Waals surface area contributed by atoms with Crippen molar-refractivity contribution in [2.75, 3.05) is 0 Å². The number of benzene rings is 1. The van der Waals surface area contributed by atoms with Crippen molar-refractivity contribution in [1.82, 2.24) is 4.98 Å². The van der Waals surface area contributed by atoms with Gasteiger partial charge in [0.05, 0.1) is 0 Å². The second-order valence-electron chi connectivity index (χ2n) is 2.77. The van der Waals surface area contributed by atoms with Gasteiger partial charge in [0, 0.05) is 10.5 Å². The fourth-order valence-corrected chi connectivity index (χ4v) is 1.42. The van der Waals surface area contributed by atoms with E-state index in [1.165, 1.54) is 0 Å². The van der Waals surface area contributed by atoms with Gasteiger partial charge in [-0.2, -0.15) is 0 Å². The lowest BCUT2D eigenvalue weighted by molar-refractivity contribution is 0.462. The molecule has 2 nitrogen and oxygen atoms in total. The summed E-state index contributed by atoms with van der Waals surface area (Å²) in [6.07, 6.45) is 0. The molecule has 0 N–H and O–H groups in total. The normalized spacial score (nSPS) is 10.0. The van der Waals surface area contributed by atoms with Gasteiger partial charge in [-0.1, -0.05) is 27.5 Å². The predicted octanol–water partition coefficient (Wildman–Crippen LogP) is 4.09. The third-order valence-corrected chi connectivity index (χ3v) is 2.40. The van der Waals surface area contributed by atoms with Crippen molar-refractivity contribution in [3.8, 4) is 11.6 Å². The molecule has 15 heavy (non-hydrogen) atoms. The molecule has 2 rings (SSSR count). The number of ether oxygens (including phenoxy) is 1. The maximum absolute atomic E-state index is 5.72. The topological polar surface area (TPSA) is 22.1 Å². The van der Waals surface area contributed by atoms with Crippen LogP contribution in [0.3, 0.4) is 0 Å². The molecule has 1 radical (unpaired) electrons. The second-order valence-corrected chi connectivity index (χ2v) is 4.08. The van der Waals surface area contributed by atoms with Crippen LogP contribution < -0.4 is 4.74 Å². The van der Waals surface area contributed by atoms with E-state index in [1.54, 1.807) is 12.1 Å². The van der Waals surface area contributed by atoms with E-state index in [2.05, 4.69) is 27.0 Å². The van der Waals surface area contributed by atoms with Gasteiger partial charge in [0.25, 0.3) is 0 Å². The second kappa shape index (κ2) is 4.64. The van der Waals surface area contributed by atoms with Crippen molar-refractivity contribution < 1.29 is 4.74 Å². The van der Waals surface area contributed by atoms with Crippen molar-refractivity contribution in [1.29, 1.82) is 0 Å². The highest BCUT2D eigenvalue weighted by atomic mass is 79.9. The number of nitrogens with zero attached hydrogens (tertiary/aromatic N) is 1. The summed E-state index contributed by atoms with van der Waals surface area (Å²) in [6.45, 7) is 0. The summed E-state index contributed by atoms with van der Waals surface area (Å²) in [7, 11) is 0. The molecule has 0 aliphatic rings. The standard InChI is InChI=1S/C11H6BrClNO/c12-8-4-6-9(7-5-8)15-11-3-1-2-10(13)14-11/h1-2,4-7H. The van der Waals surface area contributed by atoms with Gasteiger partial charge >= 0.3 is 0 Å². The van der Waals surface area contributed by atoms with E-state index in [0.717, 1.165) is 4.47 Å². The van der Waals surface area contributed by atoms with Gasteiger partial charge in [0.2, 0.25) is 5.88 Å². The van der Waals surface area contributed by atoms with Gasteiger partial charge in [-0.15, -0.1) is 0 Å². The molecule has 2 aromatic rings. The van der Waals surface area contributed by atoms with Crippen molar-refractivity contribution in [3.63, 3.8) is 0 Å². The first kappa shape index (κ1) is 10.5. The Morgan fingerprint density at radius 1 is 1.20 bits per heavy atom. The Morgan fingerprint density at radius 3 is 2.60 bits per heavy atom.